The Morgan fingerprint density at radius 1 is 1.00 bits per heavy atom. The summed E-state index contributed by atoms with van der Waals surface area (Å²) in [4.78, 5) is 12.7. The van der Waals surface area contributed by atoms with Crippen LogP contribution in [0.25, 0.3) is 0 Å². The van der Waals surface area contributed by atoms with E-state index in [0.29, 0.717) is 19.8 Å². The lowest BCUT2D eigenvalue weighted by molar-refractivity contribution is -0.123. The van der Waals surface area contributed by atoms with Crippen LogP contribution in [0.3, 0.4) is 0 Å². The first-order valence-corrected chi connectivity index (χ1v) is 8.00. The van der Waals surface area contributed by atoms with E-state index in [2.05, 4.69) is 5.32 Å². The lowest BCUT2D eigenvalue weighted by Crippen LogP contribution is -2.34. The number of hydrogen-bond donors (Lipinski definition) is 1. The van der Waals surface area contributed by atoms with Gasteiger partial charge in [0.05, 0.1) is 5.41 Å². The molecule has 1 N–H and O–H groups in total. The third kappa shape index (κ3) is 2.65. The van der Waals surface area contributed by atoms with E-state index in [4.69, 9.17) is 9.47 Å². The van der Waals surface area contributed by atoms with Crippen LogP contribution in [0.4, 0.5) is 0 Å². The van der Waals surface area contributed by atoms with E-state index in [1.807, 2.05) is 48.5 Å². The van der Waals surface area contributed by atoms with Gasteiger partial charge in [0.25, 0.3) is 0 Å². The number of benzene rings is 2. The van der Waals surface area contributed by atoms with Crippen LogP contribution < -0.4 is 14.8 Å². The van der Waals surface area contributed by atoms with Gasteiger partial charge in [-0.25, -0.2) is 0 Å². The van der Waals surface area contributed by atoms with E-state index in [1.54, 1.807) is 0 Å². The van der Waals surface area contributed by atoms with Crippen molar-refractivity contribution < 1.29 is 14.3 Å². The Morgan fingerprint density at radius 3 is 2.48 bits per heavy atom. The second-order valence-electron chi connectivity index (χ2n) is 6.11. The van der Waals surface area contributed by atoms with Crippen molar-refractivity contribution in [1.29, 1.82) is 0 Å². The molecule has 0 unspecified atom stereocenters. The summed E-state index contributed by atoms with van der Waals surface area (Å²) in [5, 5.41) is 3.07. The first-order valence-electron chi connectivity index (χ1n) is 8.00. The second-order valence-corrected chi connectivity index (χ2v) is 6.11. The molecular weight excluding hydrogens is 290 g/mol. The van der Waals surface area contributed by atoms with E-state index < -0.39 is 5.41 Å². The van der Waals surface area contributed by atoms with Crippen LogP contribution in [0.5, 0.6) is 11.5 Å². The fourth-order valence-corrected chi connectivity index (χ4v) is 3.06. The molecule has 0 saturated heterocycles. The van der Waals surface area contributed by atoms with E-state index in [0.717, 1.165) is 35.5 Å². The van der Waals surface area contributed by atoms with Gasteiger partial charge in [-0.1, -0.05) is 36.4 Å². The molecule has 1 saturated carbocycles. The summed E-state index contributed by atoms with van der Waals surface area (Å²) < 4.78 is 11.2. The summed E-state index contributed by atoms with van der Waals surface area (Å²) >= 11 is 0. The normalized spacial score (nSPS) is 17.4. The molecule has 1 aliphatic carbocycles. The minimum absolute atomic E-state index is 0.0954. The van der Waals surface area contributed by atoms with Crippen molar-refractivity contribution in [2.75, 3.05) is 13.2 Å². The first-order chi connectivity index (χ1) is 11.3. The highest BCUT2D eigenvalue weighted by atomic mass is 16.6. The highest BCUT2D eigenvalue weighted by Gasteiger charge is 2.51. The second kappa shape index (κ2) is 5.61. The Labute approximate surface area is 135 Å². The molecule has 0 bridgehead atoms. The number of rotatable bonds is 4. The molecule has 0 radical (unpaired) electrons. The van der Waals surface area contributed by atoms with Gasteiger partial charge in [0.1, 0.15) is 13.2 Å². The van der Waals surface area contributed by atoms with Crippen molar-refractivity contribution in [2.24, 2.45) is 0 Å². The van der Waals surface area contributed by atoms with Crippen molar-refractivity contribution in [2.45, 2.75) is 24.8 Å². The van der Waals surface area contributed by atoms with Crippen molar-refractivity contribution in [3.8, 4) is 11.5 Å². The van der Waals surface area contributed by atoms with Gasteiger partial charge >= 0.3 is 0 Å². The van der Waals surface area contributed by atoms with Gasteiger partial charge in [0, 0.05) is 6.54 Å². The molecule has 2 aliphatic rings. The zero-order chi connectivity index (χ0) is 15.7. The zero-order valence-corrected chi connectivity index (χ0v) is 12.9. The molecule has 4 heteroatoms. The summed E-state index contributed by atoms with van der Waals surface area (Å²) in [5.74, 6) is 1.61. The van der Waals surface area contributed by atoms with Crippen LogP contribution in [0.15, 0.2) is 48.5 Å². The number of amides is 1. The van der Waals surface area contributed by atoms with Gasteiger partial charge in [-0.15, -0.1) is 0 Å². The Balaban J connectivity index is 1.50. The molecule has 1 amide bonds. The van der Waals surface area contributed by atoms with Crippen LogP contribution in [0.1, 0.15) is 24.0 Å². The highest BCUT2D eigenvalue weighted by Crippen LogP contribution is 2.50. The molecule has 0 spiro atoms. The fourth-order valence-electron chi connectivity index (χ4n) is 3.06. The Bertz CT molecular complexity index is 723. The van der Waals surface area contributed by atoms with Gasteiger partial charge in [-0.2, -0.15) is 0 Å². The Kier molecular flexibility index (Phi) is 3.45. The predicted molar refractivity (Wildman–Crippen MR) is 86.6 cm³/mol. The van der Waals surface area contributed by atoms with Crippen molar-refractivity contribution in [3.63, 3.8) is 0 Å². The highest BCUT2D eigenvalue weighted by molar-refractivity contribution is 5.91. The maximum absolute atomic E-state index is 12.7. The monoisotopic (exact) mass is 309 g/mol. The number of fused-ring (bicyclic) bond motifs is 1. The van der Waals surface area contributed by atoms with Gasteiger partial charge < -0.3 is 14.8 Å². The van der Waals surface area contributed by atoms with E-state index in [-0.39, 0.29) is 5.91 Å². The lowest BCUT2D eigenvalue weighted by atomic mass is 9.94. The van der Waals surface area contributed by atoms with Gasteiger partial charge in [0.15, 0.2) is 11.5 Å². The lowest BCUT2D eigenvalue weighted by Gasteiger charge is -2.21. The molecule has 23 heavy (non-hydrogen) atoms. The van der Waals surface area contributed by atoms with Crippen molar-refractivity contribution >= 4 is 5.91 Å². The number of nitrogens with one attached hydrogen (secondary N) is 1. The van der Waals surface area contributed by atoms with Crippen LogP contribution >= 0.6 is 0 Å². The van der Waals surface area contributed by atoms with Crippen molar-refractivity contribution in [3.05, 3.63) is 59.7 Å². The molecule has 4 rings (SSSR count). The molecule has 2 aromatic rings. The average Bonchev–Trinajstić information content (AvgIpc) is 3.42. The number of ether oxygens (including phenoxy) is 2. The smallest absolute Gasteiger partial charge is 0.230 e. The third-order valence-electron chi connectivity index (χ3n) is 4.58. The van der Waals surface area contributed by atoms with Gasteiger partial charge in [-0.3, -0.25) is 4.79 Å². The maximum Gasteiger partial charge on any atom is 0.230 e. The van der Waals surface area contributed by atoms with E-state index in [9.17, 15) is 4.79 Å². The maximum atomic E-state index is 12.7. The quantitative estimate of drug-likeness (QED) is 0.945. The van der Waals surface area contributed by atoms with E-state index in [1.165, 1.54) is 0 Å². The molecule has 2 aromatic carbocycles. The Hall–Kier alpha value is -2.49. The topological polar surface area (TPSA) is 47.6 Å². The largest absolute Gasteiger partial charge is 0.486 e. The molecule has 1 aliphatic heterocycles. The first kappa shape index (κ1) is 14.1. The van der Waals surface area contributed by atoms with Crippen LogP contribution in [0.2, 0.25) is 0 Å². The zero-order valence-electron chi connectivity index (χ0n) is 12.9. The SMILES string of the molecule is O=C(NCc1ccccc1)C1(c2ccc3c(c2)OCCO3)CC1. The van der Waals surface area contributed by atoms with Gasteiger partial charge in [0.2, 0.25) is 5.91 Å². The number of carbonyl (C=O) groups excluding carboxylic acids is 1. The molecule has 0 aromatic heterocycles. The molecule has 0 atom stereocenters. The Morgan fingerprint density at radius 2 is 1.74 bits per heavy atom. The van der Waals surface area contributed by atoms with Crippen LogP contribution in [-0.2, 0) is 16.8 Å². The molecule has 4 nitrogen and oxygen atoms in total. The summed E-state index contributed by atoms with van der Waals surface area (Å²) in [6.07, 6.45) is 1.76. The number of hydrogen-bond acceptors (Lipinski definition) is 3. The molecule has 1 heterocycles. The van der Waals surface area contributed by atoms with Gasteiger partial charge in [-0.05, 0) is 36.1 Å². The van der Waals surface area contributed by atoms with Crippen LogP contribution in [-0.4, -0.2) is 19.1 Å². The third-order valence-corrected chi connectivity index (χ3v) is 4.58. The summed E-state index contributed by atoms with van der Waals surface area (Å²) in [7, 11) is 0. The average molecular weight is 309 g/mol. The summed E-state index contributed by atoms with van der Waals surface area (Å²) in [6, 6.07) is 15.8. The standard InChI is InChI=1S/C19H19NO3/c21-18(20-13-14-4-2-1-3-5-14)19(8-9-19)15-6-7-16-17(12-15)23-11-10-22-16/h1-7,12H,8-11,13H2,(H,20,21). The van der Waals surface area contributed by atoms with E-state index >= 15 is 0 Å². The number of carbonyl (C=O) groups is 1. The fraction of sp³-hybridized carbons (Fsp3) is 0.316. The summed E-state index contributed by atoms with van der Waals surface area (Å²) in [5.41, 5.74) is 1.73. The molecule has 118 valence electrons. The van der Waals surface area contributed by atoms with Crippen LogP contribution in [0, 0.1) is 0 Å². The molecule has 1 fully saturated rings. The summed E-state index contributed by atoms with van der Waals surface area (Å²) in [6.45, 7) is 1.70. The predicted octanol–water partition coefficient (Wildman–Crippen LogP) is 2.81. The molecular formula is C19H19NO3. The minimum Gasteiger partial charge on any atom is -0.486 e. The van der Waals surface area contributed by atoms with Crippen molar-refractivity contribution in [1.82, 2.24) is 5.32 Å². The minimum atomic E-state index is -0.398.